The molecular weight excluding hydrogens is 414 g/mol. The van der Waals surface area contributed by atoms with Crippen LogP contribution in [-0.4, -0.2) is 57.4 Å². The van der Waals surface area contributed by atoms with Crippen molar-refractivity contribution in [1.82, 2.24) is 4.90 Å². The smallest absolute Gasteiger partial charge is 0.335 e. The molecule has 2 aromatic rings. The van der Waals surface area contributed by atoms with E-state index in [4.69, 9.17) is 14.2 Å². The van der Waals surface area contributed by atoms with Gasteiger partial charge in [0.05, 0.1) is 13.7 Å². The second kappa shape index (κ2) is 12.9. The summed E-state index contributed by atoms with van der Waals surface area (Å²) in [5.41, 5.74) is 3.44. The van der Waals surface area contributed by atoms with E-state index in [1.807, 2.05) is 18.2 Å². The number of benzene rings is 2. The van der Waals surface area contributed by atoms with E-state index in [-0.39, 0.29) is 12.1 Å². The third kappa shape index (κ3) is 7.39. The molecule has 0 amide bonds. The van der Waals surface area contributed by atoms with Gasteiger partial charge < -0.3 is 19.1 Å². The predicted molar refractivity (Wildman–Crippen MR) is 131 cm³/mol. The molecule has 1 heterocycles. The van der Waals surface area contributed by atoms with E-state index >= 15 is 0 Å². The molecule has 1 aliphatic rings. The molecule has 1 aliphatic heterocycles. The Labute approximate surface area is 199 Å². The first-order valence-electron chi connectivity index (χ1n) is 12.1. The Hall–Kier alpha value is -2.21. The summed E-state index contributed by atoms with van der Waals surface area (Å²) in [5.74, 6) is 0.532. The average molecular weight is 454 g/mol. The van der Waals surface area contributed by atoms with Gasteiger partial charge in [-0.15, -0.1) is 0 Å². The molecule has 33 heavy (non-hydrogen) atoms. The van der Waals surface area contributed by atoms with Crippen molar-refractivity contribution in [2.45, 2.75) is 51.2 Å². The zero-order chi connectivity index (χ0) is 23.6. The molecule has 0 aromatic heterocycles. The van der Waals surface area contributed by atoms with E-state index in [1.165, 1.54) is 25.5 Å². The van der Waals surface area contributed by atoms with Crippen molar-refractivity contribution in [2.75, 3.05) is 40.5 Å². The third-order valence-electron chi connectivity index (χ3n) is 6.38. The summed E-state index contributed by atoms with van der Waals surface area (Å²) < 4.78 is 16.7. The summed E-state index contributed by atoms with van der Waals surface area (Å²) in [5, 5.41) is 0. The second-order valence-electron chi connectivity index (χ2n) is 9.37. The van der Waals surface area contributed by atoms with Crippen molar-refractivity contribution >= 4 is 5.97 Å². The lowest BCUT2D eigenvalue weighted by molar-refractivity contribution is -0.158. The summed E-state index contributed by atoms with van der Waals surface area (Å²) in [4.78, 5) is 14.9. The lowest BCUT2D eigenvalue weighted by atomic mass is 9.89. The Kier molecular flexibility index (Phi) is 9.92. The molecule has 1 fully saturated rings. The number of rotatable bonds is 11. The van der Waals surface area contributed by atoms with E-state index in [9.17, 15) is 4.79 Å². The number of ether oxygens (including phenoxy) is 3. The topological polar surface area (TPSA) is 48.0 Å². The molecule has 3 atom stereocenters. The summed E-state index contributed by atoms with van der Waals surface area (Å²) in [6.07, 6.45) is 2.11. The molecule has 2 aromatic carbocycles. The zero-order valence-electron chi connectivity index (χ0n) is 20.5. The van der Waals surface area contributed by atoms with Crippen molar-refractivity contribution in [3.8, 4) is 0 Å². The van der Waals surface area contributed by atoms with Crippen molar-refractivity contribution in [3.63, 3.8) is 0 Å². The standard InChI is InChI=1S/C28H39NO4/c1-21(2)19-26(28(30)32-4)33-27(23-9-6-5-7-10-23)24-14-12-22(13-15-24)25-11-8-16-29(20-25)17-18-31-3/h5-7,9-10,12-15,21,25-27H,8,11,16-20H2,1-4H3/t25?,26-,27+/m0/s1. The van der Waals surface area contributed by atoms with E-state index < -0.39 is 6.10 Å². The van der Waals surface area contributed by atoms with Crippen LogP contribution in [0, 0.1) is 5.92 Å². The van der Waals surface area contributed by atoms with Crippen LogP contribution in [0.1, 0.15) is 61.8 Å². The molecule has 5 nitrogen and oxygen atoms in total. The molecule has 1 unspecified atom stereocenters. The first kappa shape index (κ1) is 25.4. The second-order valence-corrected chi connectivity index (χ2v) is 9.37. The third-order valence-corrected chi connectivity index (χ3v) is 6.38. The van der Waals surface area contributed by atoms with Gasteiger partial charge in [-0.05, 0) is 54.3 Å². The van der Waals surface area contributed by atoms with Crippen LogP contribution >= 0.6 is 0 Å². The molecule has 0 bridgehead atoms. The fraction of sp³-hybridized carbons (Fsp3) is 0.536. The minimum Gasteiger partial charge on any atom is -0.467 e. The van der Waals surface area contributed by atoms with E-state index in [1.54, 1.807) is 7.11 Å². The van der Waals surface area contributed by atoms with Gasteiger partial charge in [0, 0.05) is 20.2 Å². The molecule has 0 aliphatic carbocycles. The maximum atomic E-state index is 12.5. The van der Waals surface area contributed by atoms with Gasteiger partial charge in [-0.2, -0.15) is 0 Å². The van der Waals surface area contributed by atoms with Gasteiger partial charge in [0.1, 0.15) is 6.10 Å². The summed E-state index contributed by atoms with van der Waals surface area (Å²) in [7, 11) is 3.18. The zero-order valence-corrected chi connectivity index (χ0v) is 20.5. The van der Waals surface area contributed by atoms with Crippen LogP contribution in [-0.2, 0) is 19.0 Å². The van der Waals surface area contributed by atoms with E-state index in [0.717, 1.165) is 37.4 Å². The quantitative estimate of drug-likeness (QED) is 0.437. The number of piperidine rings is 1. The first-order chi connectivity index (χ1) is 16.0. The van der Waals surface area contributed by atoms with Gasteiger partial charge in [0.2, 0.25) is 0 Å². The Bertz CT molecular complexity index is 837. The van der Waals surface area contributed by atoms with Crippen LogP contribution < -0.4 is 0 Å². The number of carbonyl (C=O) groups is 1. The number of likely N-dealkylation sites (tertiary alicyclic amines) is 1. The molecule has 0 N–H and O–H groups in total. The first-order valence-corrected chi connectivity index (χ1v) is 12.1. The van der Waals surface area contributed by atoms with Crippen LogP contribution in [0.15, 0.2) is 54.6 Å². The Morgan fingerprint density at radius 1 is 1.03 bits per heavy atom. The lowest BCUT2D eigenvalue weighted by Crippen LogP contribution is -2.36. The fourth-order valence-corrected chi connectivity index (χ4v) is 4.60. The van der Waals surface area contributed by atoms with Gasteiger partial charge in [-0.1, -0.05) is 68.4 Å². The van der Waals surface area contributed by atoms with Crippen molar-refractivity contribution in [3.05, 3.63) is 71.3 Å². The van der Waals surface area contributed by atoms with Crippen molar-refractivity contribution in [2.24, 2.45) is 5.92 Å². The lowest BCUT2D eigenvalue weighted by Gasteiger charge is -2.33. The minimum absolute atomic E-state index is 0.320. The largest absolute Gasteiger partial charge is 0.467 e. The SMILES string of the molecule is COCCN1CCCC(c2ccc([C@H](O[C@@H](CC(C)C)C(=O)OC)c3ccccc3)cc2)C1. The van der Waals surface area contributed by atoms with E-state index in [2.05, 4.69) is 55.1 Å². The predicted octanol–water partition coefficient (Wildman–Crippen LogP) is 5.21. The molecule has 180 valence electrons. The van der Waals surface area contributed by atoms with Gasteiger partial charge in [0.15, 0.2) is 6.10 Å². The van der Waals surface area contributed by atoms with Crippen molar-refractivity contribution < 1.29 is 19.0 Å². The van der Waals surface area contributed by atoms with Crippen LogP contribution in [0.4, 0.5) is 0 Å². The van der Waals surface area contributed by atoms with Gasteiger partial charge in [-0.3, -0.25) is 0 Å². The minimum atomic E-state index is -0.604. The number of methoxy groups -OCH3 is 2. The fourth-order valence-electron chi connectivity index (χ4n) is 4.60. The Balaban J connectivity index is 1.80. The molecule has 0 radical (unpaired) electrons. The van der Waals surface area contributed by atoms with Crippen molar-refractivity contribution in [1.29, 1.82) is 0 Å². The van der Waals surface area contributed by atoms with E-state index in [0.29, 0.717) is 18.3 Å². The Morgan fingerprint density at radius 2 is 1.73 bits per heavy atom. The molecule has 5 heteroatoms. The highest BCUT2D eigenvalue weighted by molar-refractivity contribution is 5.74. The Morgan fingerprint density at radius 3 is 2.36 bits per heavy atom. The average Bonchev–Trinajstić information content (AvgIpc) is 2.85. The highest BCUT2D eigenvalue weighted by atomic mass is 16.6. The van der Waals surface area contributed by atoms with Crippen LogP contribution in [0.2, 0.25) is 0 Å². The molecule has 1 saturated heterocycles. The number of nitrogens with zero attached hydrogens (tertiary/aromatic N) is 1. The number of esters is 1. The van der Waals surface area contributed by atoms with Crippen LogP contribution in [0.3, 0.4) is 0 Å². The summed E-state index contributed by atoms with van der Waals surface area (Å²) in [6, 6.07) is 18.9. The van der Waals surface area contributed by atoms with Crippen LogP contribution in [0.25, 0.3) is 0 Å². The molecule has 0 spiro atoms. The van der Waals surface area contributed by atoms with Gasteiger partial charge >= 0.3 is 5.97 Å². The monoisotopic (exact) mass is 453 g/mol. The van der Waals surface area contributed by atoms with Gasteiger partial charge in [0.25, 0.3) is 0 Å². The number of hydrogen-bond acceptors (Lipinski definition) is 5. The maximum Gasteiger partial charge on any atom is 0.335 e. The number of hydrogen-bond donors (Lipinski definition) is 0. The summed E-state index contributed by atoms with van der Waals surface area (Å²) in [6.45, 7) is 8.16. The normalized spacial score (nSPS) is 18.8. The summed E-state index contributed by atoms with van der Waals surface area (Å²) >= 11 is 0. The maximum absolute atomic E-state index is 12.5. The number of carbonyl (C=O) groups excluding carboxylic acids is 1. The highest BCUT2D eigenvalue weighted by Gasteiger charge is 2.28. The molecular formula is C28H39NO4. The van der Waals surface area contributed by atoms with Gasteiger partial charge in [-0.25, -0.2) is 4.79 Å². The van der Waals surface area contributed by atoms with Crippen LogP contribution in [0.5, 0.6) is 0 Å². The molecule has 3 rings (SSSR count). The molecule has 0 saturated carbocycles. The highest BCUT2D eigenvalue weighted by Crippen LogP contribution is 2.32.